The minimum atomic E-state index is 0.111. The van der Waals surface area contributed by atoms with Gasteiger partial charge in [-0.2, -0.15) is 0 Å². The molecule has 20 heavy (non-hydrogen) atoms. The van der Waals surface area contributed by atoms with Crippen molar-refractivity contribution in [2.24, 2.45) is 0 Å². The Morgan fingerprint density at radius 1 is 1.05 bits per heavy atom. The smallest absolute Gasteiger partial charge is 0.123 e. The summed E-state index contributed by atoms with van der Waals surface area (Å²) in [7, 11) is 3.34. The Kier molecular flexibility index (Phi) is 4.69. The van der Waals surface area contributed by atoms with Gasteiger partial charge in [0.2, 0.25) is 0 Å². The largest absolute Gasteiger partial charge is 0.497 e. The second-order valence-electron chi connectivity index (χ2n) is 4.73. The van der Waals surface area contributed by atoms with Crippen LogP contribution in [0.2, 0.25) is 0 Å². The molecule has 0 radical (unpaired) electrons. The van der Waals surface area contributed by atoms with Crippen LogP contribution in [-0.4, -0.2) is 14.2 Å². The molecule has 1 aromatic carbocycles. The monoisotopic (exact) mass is 275 g/mol. The first-order valence-electron chi connectivity index (χ1n) is 6.67. The van der Waals surface area contributed by atoms with E-state index >= 15 is 0 Å². The standard InChI is InChI=1S/C16H21NO3/c1-11(17-12(2)15-6-5-9-20-15)14-10-13(18-3)7-8-16(14)19-4/h5-12,17H,1-4H3. The van der Waals surface area contributed by atoms with Crippen LogP contribution in [0.5, 0.6) is 11.5 Å². The van der Waals surface area contributed by atoms with Gasteiger partial charge in [0.15, 0.2) is 0 Å². The second-order valence-corrected chi connectivity index (χ2v) is 4.73. The first kappa shape index (κ1) is 14.5. The Labute approximate surface area is 119 Å². The van der Waals surface area contributed by atoms with Crippen molar-refractivity contribution in [2.75, 3.05) is 14.2 Å². The third-order valence-corrected chi connectivity index (χ3v) is 3.37. The zero-order valence-corrected chi connectivity index (χ0v) is 12.3. The van der Waals surface area contributed by atoms with Crippen molar-refractivity contribution in [3.63, 3.8) is 0 Å². The number of methoxy groups -OCH3 is 2. The molecule has 2 rings (SSSR count). The fourth-order valence-electron chi connectivity index (χ4n) is 2.26. The lowest BCUT2D eigenvalue weighted by Gasteiger charge is -2.21. The summed E-state index contributed by atoms with van der Waals surface area (Å²) < 4.78 is 16.1. The molecule has 1 aromatic heterocycles. The number of nitrogens with one attached hydrogen (secondary N) is 1. The fourth-order valence-corrected chi connectivity index (χ4v) is 2.26. The van der Waals surface area contributed by atoms with Crippen LogP contribution in [0.4, 0.5) is 0 Å². The minimum Gasteiger partial charge on any atom is -0.497 e. The molecule has 2 unspecified atom stereocenters. The number of rotatable bonds is 6. The van der Waals surface area contributed by atoms with E-state index < -0.39 is 0 Å². The van der Waals surface area contributed by atoms with Crippen LogP contribution in [0, 0.1) is 0 Å². The van der Waals surface area contributed by atoms with Gasteiger partial charge >= 0.3 is 0 Å². The number of furan rings is 1. The average molecular weight is 275 g/mol. The molecular weight excluding hydrogens is 254 g/mol. The molecule has 0 fully saturated rings. The summed E-state index contributed by atoms with van der Waals surface area (Å²) in [4.78, 5) is 0. The van der Waals surface area contributed by atoms with Crippen LogP contribution in [0.1, 0.15) is 37.3 Å². The lowest BCUT2D eigenvalue weighted by atomic mass is 10.1. The van der Waals surface area contributed by atoms with Gasteiger partial charge in [-0.25, -0.2) is 0 Å². The van der Waals surface area contributed by atoms with Crippen molar-refractivity contribution >= 4 is 0 Å². The summed E-state index contributed by atoms with van der Waals surface area (Å²) in [5.74, 6) is 2.58. The molecule has 0 saturated heterocycles. The zero-order valence-electron chi connectivity index (χ0n) is 12.3. The molecule has 0 bridgehead atoms. The molecule has 1 heterocycles. The Balaban J connectivity index is 2.17. The maximum atomic E-state index is 5.42. The molecule has 2 aromatic rings. The Morgan fingerprint density at radius 2 is 1.85 bits per heavy atom. The van der Waals surface area contributed by atoms with E-state index in [-0.39, 0.29) is 12.1 Å². The number of benzene rings is 1. The highest BCUT2D eigenvalue weighted by atomic mass is 16.5. The molecule has 0 amide bonds. The summed E-state index contributed by atoms with van der Waals surface area (Å²) in [6.45, 7) is 4.17. The third kappa shape index (κ3) is 3.14. The molecule has 0 aliphatic rings. The molecule has 0 saturated carbocycles. The van der Waals surface area contributed by atoms with Gasteiger partial charge in [0.05, 0.1) is 26.5 Å². The Hall–Kier alpha value is -1.94. The summed E-state index contributed by atoms with van der Waals surface area (Å²) in [6.07, 6.45) is 1.68. The van der Waals surface area contributed by atoms with Gasteiger partial charge < -0.3 is 19.2 Å². The van der Waals surface area contributed by atoms with Gasteiger partial charge in [0, 0.05) is 11.6 Å². The highest BCUT2D eigenvalue weighted by molar-refractivity contribution is 5.42. The SMILES string of the molecule is COc1ccc(OC)c(C(C)NC(C)c2ccco2)c1. The van der Waals surface area contributed by atoms with E-state index in [2.05, 4.69) is 19.2 Å². The molecule has 2 atom stereocenters. The van der Waals surface area contributed by atoms with E-state index in [1.807, 2.05) is 30.3 Å². The van der Waals surface area contributed by atoms with Crippen molar-refractivity contribution in [1.82, 2.24) is 5.32 Å². The van der Waals surface area contributed by atoms with Crippen molar-refractivity contribution in [3.05, 3.63) is 47.9 Å². The van der Waals surface area contributed by atoms with Crippen molar-refractivity contribution in [1.29, 1.82) is 0 Å². The lowest BCUT2D eigenvalue weighted by Crippen LogP contribution is -2.22. The van der Waals surface area contributed by atoms with Crippen molar-refractivity contribution in [2.45, 2.75) is 25.9 Å². The molecule has 108 valence electrons. The van der Waals surface area contributed by atoms with Gasteiger partial charge in [0.25, 0.3) is 0 Å². The van der Waals surface area contributed by atoms with Crippen LogP contribution in [0.15, 0.2) is 41.0 Å². The van der Waals surface area contributed by atoms with E-state index in [4.69, 9.17) is 13.9 Å². The molecule has 0 aliphatic heterocycles. The molecule has 0 spiro atoms. The van der Waals surface area contributed by atoms with E-state index in [1.54, 1.807) is 20.5 Å². The van der Waals surface area contributed by atoms with Crippen LogP contribution in [0.3, 0.4) is 0 Å². The quantitative estimate of drug-likeness (QED) is 0.872. The normalized spacial score (nSPS) is 13.8. The highest BCUT2D eigenvalue weighted by Gasteiger charge is 2.17. The van der Waals surface area contributed by atoms with Crippen LogP contribution in [-0.2, 0) is 0 Å². The number of ether oxygens (including phenoxy) is 2. The molecule has 4 nitrogen and oxygen atoms in total. The summed E-state index contributed by atoms with van der Waals surface area (Å²) >= 11 is 0. The van der Waals surface area contributed by atoms with Gasteiger partial charge in [-0.05, 0) is 44.2 Å². The molecular formula is C16H21NO3. The second kappa shape index (κ2) is 6.48. The minimum absolute atomic E-state index is 0.111. The van der Waals surface area contributed by atoms with E-state index in [0.29, 0.717) is 0 Å². The highest BCUT2D eigenvalue weighted by Crippen LogP contribution is 2.30. The van der Waals surface area contributed by atoms with Crippen LogP contribution < -0.4 is 14.8 Å². The van der Waals surface area contributed by atoms with E-state index in [9.17, 15) is 0 Å². The topological polar surface area (TPSA) is 43.6 Å². The van der Waals surface area contributed by atoms with Gasteiger partial charge in [0.1, 0.15) is 17.3 Å². The first-order valence-corrected chi connectivity index (χ1v) is 6.67. The average Bonchev–Trinajstić information content (AvgIpc) is 3.00. The lowest BCUT2D eigenvalue weighted by molar-refractivity contribution is 0.374. The molecule has 0 aliphatic carbocycles. The van der Waals surface area contributed by atoms with Crippen LogP contribution >= 0.6 is 0 Å². The van der Waals surface area contributed by atoms with E-state index in [1.165, 1.54) is 0 Å². The predicted octanol–water partition coefficient (Wildman–Crippen LogP) is 3.71. The number of hydrogen-bond donors (Lipinski definition) is 1. The van der Waals surface area contributed by atoms with Gasteiger partial charge in [-0.1, -0.05) is 0 Å². The van der Waals surface area contributed by atoms with Crippen molar-refractivity contribution in [3.8, 4) is 11.5 Å². The Morgan fingerprint density at radius 3 is 2.45 bits per heavy atom. The summed E-state index contributed by atoms with van der Waals surface area (Å²) in [6, 6.07) is 9.90. The summed E-state index contributed by atoms with van der Waals surface area (Å²) in [5, 5.41) is 3.50. The first-order chi connectivity index (χ1) is 9.65. The predicted molar refractivity (Wildman–Crippen MR) is 78.2 cm³/mol. The Bertz CT molecular complexity index is 537. The van der Waals surface area contributed by atoms with Crippen LogP contribution in [0.25, 0.3) is 0 Å². The van der Waals surface area contributed by atoms with Crippen molar-refractivity contribution < 1.29 is 13.9 Å². The van der Waals surface area contributed by atoms with E-state index in [0.717, 1.165) is 22.8 Å². The molecule has 4 heteroatoms. The number of hydrogen-bond acceptors (Lipinski definition) is 4. The third-order valence-electron chi connectivity index (χ3n) is 3.37. The summed E-state index contributed by atoms with van der Waals surface area (Å²) in [5.41, 5.74) is 1.06. The van der Waals surface area contributed by atoms with Gasteiger partial charge in [-0.15, -0.1) is 0 Å². The zero-order chi connectivity index (χ0) is 14.5. The van der Waals surface area contributed by atoms with Gasteiger partial charge in [-0.3, -0.25) is 0 Å². The maximum absolute atomic E-state index is 5.42. The fraction of sp³-hybridized carbons (Fsp3) is 0.375. The molecule has 1 N–H and O–H groups in total. The maximum Gasteiger partial charge on any atom is 0.123 e.